The lowest BCUT2D eigenvalue weighted by molar-refractivity contribution is 0.171. The summed E-state index contributed by atoms with van der Waals surface area (Å²) < 4.78 is 15.5. The molecule has 5 heteroatoms. The summed E-state index contributed by atoms with van der Waals surface area (Å²) >= 11 is 0. The minimum absolute atomic E-state index is 0.334. The van der Waals surface area contributed by atoms with Gasteiger partial charge >= 0.3 is 7.69 Å². The summed E-state index contributed by atoms with van der Waals surface area (Å²) in [6.45, 7) is 1.13. The molecule has 0 spiro atoms. The van der Waals surface area contributed by atoms with Crippen molar-refractivity contribution in [1.82, 2.24) is 0 Å². The van der Waals surface area contributed by atoms with Crippen molar-refractivity contribution in [2.75, 3.05) is 13.2 Å². The van der Waals surface area contributed by atoms with Crippen molar-refractivity contribution in [3.05, 3.63) is 18.2 Å². The summed E-state index contributed by atoms with van der Waals surface area (Å²) in [6.07, 6.45) is 0. The number of fused-ring (bicyclic) bond motifs is 1. The van der Waals surface area contributed by atoms with Crippen molar-refractivity contribution >= 4 is 7.69 Å². The van der Waals surface area contributed by atoms with Crippen LogP contribution in [0.2, 0.25) is 0 Å². The zero-order valence-corrected chi connectivity index (χ0v) is 7.03. The molecule has 0 fully saturated rings. The van der Waals surface area contributed by atoms with E-state index in [1.807, 2.05) is 0 Å². The van der Waals surface area contributed by atoms with E-state index in [-0.39, 0.29) is 7.69 Å². The van der Waals surface area contributed by atoms with Gasteiger partial charge in [0.05, 0.1) is 0 Å². The maximum atomic E-state index is 8.53. The van der Waals surface area contributed by atoms with Crippen LogP contribution in [0.25, 0.3) is 0 Å². The van der Waals surface area contributed by atoms with Crippen LogP contribution < -0.4 is 14.1 Å². The van der Waals surface area contributed by atoms with Gasteiger partial charge in [0.2, 0.25) is 0 Å². The van der Waals surface area contributed by atoms with Gasteiger partial charge < -0.3 is 19.2 Å². The van der Waals surface area contributed by atoms with E-state index >= 15 is 0 Å². The third-order valence-electron chi connectivity index (χ3n) is 1.74. The third-order valence-corrected chi connectivity index (χ3v) is 1.74. The lowest BCUT2D eigenvalue weighted by Gasteiger charge is -2.18. The Hall–Kier alpha value is -1.36. The normalized spacial score (nSPS) is 13.6. The SMILES string of the molecule is OBOc1ccc2c(c1)OCCO2. The molecule has 1 aliphatic rings. The molecule has 1 aliphatic heterocycles. The van der Waals surface area contributed by atoms with E-state index in [4.69, 9.17) is 19.2 Å². The Morgan fingerprint density at radius 1 is 1.23 bits per heavy atom. The zero-order chi connectivity index (χ0) is 9.10. The molecule has 68 valence electrons. The highest BCUT2D eigenvalue weighted by molar-refractivity contribution is 6.17. The van der Waals surface area contributed by atoms with Gasteiger partial charge in [0.1, 0.15) is 19.0 Å². The second kappa shape index (κ2) is 3.57. The van der Waals surface area contributed by atoms with E-state index < -0.39 is 0 Å². The molecule has 1 aromatic carbocycles. The van der Waals surface area contributed by atoms with Gasteiger partial charge in [-0.25, -0.2) is 0 Å². The highest BCUT2D eigenvalue weighted by Gasteiger charge is 2.11. The second-order valence-electron chi connectivity index (χ2n) is 2.58. The maximum absolute atomic E-state index is 8.53. The van der Waals surface area contributed by atoms with Crippen LogP contribution in [0.1, 0.15) is 0 Å². The van der Waals surface area contributed by atoms with Crippen molar-refractivity contribution in [2.45, 2.75) is 0 Å². The van der Waals surface area contributed by atoms with Crippen molar-refractivity contribution in [1.29, 1.82) is 0 Å². The van der Waals surface area contributed by atoms with Crippen molar-refractivity contribution in [2.24, 2.45) is 0 Å². The van der Waals surface area contributed by atoms with Crippen LogP contribution >= 0.6 is 0 Å². The molecule has 0 saturated heterocycles. The average Bonchev–Trinajstić information content (AvgIpc) is 2.18. The topological polar surface area (TPSA) is 47.9 Å². The van der Waals surface area contributed by atoms with Crippen LogP contribution in [0, 0.1) is 0 Å². The molecule has 0 aliphatic carbocycles. The van der Waals surface area contributed by atoms with Gasteiger partial charge in [0, 0.05) is 6.07 Å². The van der Waals surface area contributed by atoms with Gasteiger partial charge in [-0.1, -0.05) is 0 Å². The molecule has 0 saturated carbocycles. The standard InChI is InChI=1S/C8H9BO4/c10-9-13-6-1-2-7-8(5-6)12-4-3-11-7/h1-2,5,9-10H,3-4H2. The molecule has 4 nitrogen and oxygen atoms in total. The quantitative estimate of drug-likeness (QED) is 0.655. The lowest BCUT2D eigenvalue weighted by Crippen LogP contribution is -2.15. The molecule has 1 aromatic rings. The fraction of sp³-hybridized carbons (Fsp3) is 0.250. The van der Waals surface area contributed by atoms with Gasteiger partial charge in [0.25, 0.3) is 0 Å². The molecule has 0 unspecified atom stereocenters. The Labute approximate surface area is 76.3 Å². The van der Waals surface area contributed by atoms with Crippen LogP contribution in [-0.2, 0) is 0 Å². The molecule has 1 heterocycles. The van der Waals surface area contributed by atoms with E-state index in [0.717, 1.165) is 5.75 Å². The summed E-state index contributed by atoms with van der Waals surface area (Å²) in [5, 5.41) is 8.53. The monoisotopic (exact) mass is 180 g/mol. The van der Waals surface area contributed by atoms with Crippen molar-refractivity contribution in [3.8, 4) is 17.2 Å². The molecular formula is C8H9BO4. The Bertz CT molecular complexity index is 302. The minimum atomic E-state index is -0.334. The Kier molecular flexibility index (Phi) is 2.27. The Balaban J connectivity index is 2.24. The van der Waals surface area contributed by atoms with Crippen LogP contribution in [0.3, 0.4) is 0 Å². The summed E-state index contributed by atoms with van der Waals surface area (Å²) in [5.41, 5.74) is 0. The smallest absolute Gasteiger partial charge is 0.504 e. The van der Waals surface area contributed by atoms with Gasteiger partial charge in [-0.15, -0.1) is 0 Å². The number of hydrogen-bond acceptors (Lipinski definition) is 4. The van der Waals surface area contributed by atoms with Crippen LogP contribution in [0.15, 0.2) is 18.2 Å². The molecule has 0 amide bonds. The fourth-order valence-electron chi connectivity index (χ4n) is 1.19. The largest absolute Gasteiger partial charge is 0.539 e. The molecule has 1 N–H and O–H groups in total. The highest BCUT2D eigenvalue weighted by Crippen LogP contribution is 2.33. The van der Waals surface area contributed by atoms with Crippen LogP contribution in [-0.4, -0.2) is 25.9 Å². The zero-order valence-electron chi connectivity index (χ0n) is 7.03. The van der Waals surface area contributed by atoms with Crippen LogP contribution in [0.4, 0.5) is 0 Å². The molecule has 0 bridgehead atoms. The first-order chi connectivity index (χ1) is 6.40. The summed E-state index contributed by atoms with van der Waals surface area (Å²) in [4.78, 5) is 0. The third kappa shape index (κ3) is 1.70. The lowest BCUT2D eigenvalue weighted by atomic mass is 10.2. The van der Waals surface area contributed by atoms with Crippen molar-refractivity contribution in [3.63, 3.8) is 0 Å². The predicted molar refractivity (Wildman–Crippen MR) is 47.4 cm³/mol. The minimum Gasteiger partial charge on any atom is -0.539 e. The first-order valence-electron chi connectivity index (χ1n) is 4.03. The van der Waals surface area contributed by atoms with E-state index in [1.54, 1.807) is 18.2 Å². The average molecular weight is 180 g/mol. The number of hydrogen-bond donors (Lipinski definition) is 1. The second-order valence-corrected chi connectivity index (χ2v) is 2.58. The van der Waals surface area contributed by atoms with Gasteiger partial charge in [-0.2, -0.15) is 0 Å². The first kappa shape index (κ1) is 8.25. The van der Waals surface area contributed by atoms with Crippen LogP contribution in [0.5, 0.6) is 17.2 Å². The number of ether oxygens (including phenoxy) is 2. The van der Waals surface area contributed by atoms with E-state index in [0.29, 0.717) is 24.7 Å². The molecule has 0 radical (unpaired) electrons. The maximum Gasteiger partial charge on any atom is 0.504 e. The van der Waals surface area contributed by atoms with E-state index in [9.17, 15) is 0 Å². The van der Waals surface area contributed by atoms with E-state index in [2.05, 4.69) is 0 Å². The van der Waals surface area contributed by atoms with Crippen molar-refractivity contribution < 1.29 is 19.2 Å². The summed E-state index contributed by atoms with van der Waals surface area (Å²) in [5.74, 6) is 1.96. The molecule has 2 rings (SSSR count). The molecule has 0 aromatic heterocycles. The van der Waals surface area contributed by atoms with E-state index in [1.165, 1.54) is 0 Å². The fourth-order valence-corrected chi connectivity index (χ4v) is 1.19. The molecule has 0 atom stereocenters. The highest BCUT2D eigenvalue weighted by atomic mass is 16.6. The van der Waals surface area contributed by atoms with Gasteiger partial charge in [0.15, 0.2) is 11.5 Å². The van der Waals surface area contributed by atoms with Gasteiger partial charge in [-0.3, -0.25) is 0 Å². The Morgan fingerprint density at radius 3 is 2.77 bits per heavy atom. The Morgan fingerprint density at radius 2 is 2.00 bits per heavy atom. The summed E-state index contributed by atoms with van der Waals surface area (Å²) in [7, 11) is -0.334. The number of rotatable bonds is 2. The predicted octanol–water partition coefficient (Wildman–Crippen LogP) is 0.0954. The summed E-state index contributed by atoms with van der Waals surface area (Å²) in [6, 6.07) is 5.19. The first-order valence-corrected chi connectivity index (χ1v) is 4.03. The molecular weight excluding hydrogens is 171 g/mol. The number of benzene rings is 1. The molecule has 13 heavy (non-hydrogen) atoms. The van der Waals surface area contributed by atoms with Gasteiger partial charge in [-0.05, 0) is 12.1 Å².